The number of piperidine rings is 1. The van der Waals surface area contributed by atoms with Crippen LogP contribution in [0.25, 0.3) is 22.0 Å². The van der Waals surface area contributed by atoms with Crippen molar-refractivity contribution in [3.8, 4) is 11.1 Å². The molecular weight excluding hydrogens is 364 g/mol. The molecule has 0 unspecified atom stereocenters. The van der Waals surface area contributed by atoms with Crippen molar-refractivity contribution in [1.82, 2.24) is 20.4 Å². The van der Waals surface area contributed by atoms with E-state index in [0.717, 1.165) is 42.4 Å². The first-order chi connectivity index (χ1) is 14.2. The lowest BCUT2D eigenvalue weighted by molar-refractivity contribution is -0.131. The minimum atomic E-state index is -0.261. The van der Waals surface area contributed by atoms with Gasteiger partial charge in [0.25, 0.3) is 5.91 Å². The number of likely N-dealkylation sites (tertiary alicyclic amines) is 1. The molecule has 1 spiro atoms. The van der Waals surface area contributed by atoms with Crippen molar-refractivity contribution in [3.63, 3.8) is 0 Å². The number of hydrogen-bond donors (Lipinski definition) is 2. The predicted molar refractivity (Wildman–Crippen MR) is 111 cm³/mol. The number of nitrogens with one attached hydrogen (secondary N) is 2. The molecule has 29 heavy (non-hydrogen) atoms. The number of carbonyl (C=O) groups is 2. The van der Waals surface area contributed by atoms with Crippen molar-refractivity contribution < 1.29 is 9.59 Å². The van der Waals surface area contributed by atoms with E-state index in [4.69, 9.17) is 0 Å². The molecule has 2 heterocycles. The molecule has 2 amide bonds. The standard InChI is InChI=1S/C23H24N4O2/c28-20(27-12-10-23(8-9-23)11-13-27)15-24-22(29)18-7-6-17(16-4-2-1-3-5-16)19-14-25-26-21(18)19/h1-7,14H,8-13,15H2,(H,24,29)(H,25,26). The van der Waals surface area contributed by atoms with E-state index in [1.165, 1.54) is 12.8 Å². The summed E-state index contributed by atoms with van der Waals surface area (Å²) in [5.41, 5.74) is 3.81. The van der Waals surface area contributed by atoms with Gasteiger partial charge in [0.1, 0.15) is 0 Å². The van der Waals surface area contributed by atoms with Crippen LogP contribution in [0.1, 0.15) is 36.0 Å². The summed E-state index contributed by atoms with van der Waals surface area (Å²) in [5, 5.41) is 10.8. The van der Waals surface area contributed by atoms with Gasteiger partial charge in [-0.1, -0.05) is 36.4 Å². The zero-order valence-corrected chi connectivity index (χ0v) is 16.3. The maximum absolute atomic E-state index is 12.8. The van der Waals surface area contributed by atoms with Crippen molar-refractivity contribution in [2.24, 2.45) is 5.41 Å². The Balaban J connectivity index is 1.29. The zero-order valence-electron chi connectivity index (χ0n) is 16.3. The van der Waals surface area contributed by atoms with E-state index in [1.807, 2.05) is 41.3 Å². The van der Waals surface area contributed by atoms with Crippen molar-refractivity contribution >= 4 is 22.7 Å². The highest BCUT2D eigenvalue weighted by Crippen LogP contribution is 2.53. The maximum Gasteiger partial charge on any atom is 0.253 e. The van der Waals surface area contributed by atoms with Crippen molar-refractivity contribution in [2.75, 3.05) is 19.6 Å². The summed E-state index contributed by atoms with van der Waals surface area (Å²) in [6, 6.07) is 13.7. The summed E-state index contributed by atoms with van der Waals surface area (Å²) in [5.74, 6) is -0.265. The highest BCUT2D eigenvalue weighted by molar-refractivity contribution is 6.09. The molecule has 1 aliphatic heterocycles. The van der Waals surface area contributed by atoms with Crippen LogP contribution < -0.4 is 5.32 Å². The van der Waals surface area contributed by atoms with Gasteiger partial charge in [-0.3, -0.25) is 14.7 Å². The molecule has 148 valence electrons. The molecular formula is C23H24N4O2. The van der Waals surface area contributed by atoms with Gasteiger partial charge >= 0.3 is 0 Å². The molecule has 1 saturated heterocycles. The van der Waals surface area contributed by atoms with E-state index in [9.17, 15) is 9.59 Å². The van der Waals surface area contributed by atoms with E-state index < -0.39 is 0 Å². The number of benzene rings is 2. The Kier molecular flexibility index (Phi) is 4.34. The molecule has 6 heteroatoms. The third-order valence-electron chi connectivity index (χ3n) is 6.48. The molecule has 0 bridgehead atoms. The summed E-state index contributed by atoms with van der Waals surface area (Å²) >= 11 is 0. The topological polar surface area (TPSA) is 78.1 Å². The van der Waals surface area contributed by atoms with Gasteiger partial charge in [0.15, 0.2) is 0 Å². The number of amides is 2. The Morgan fingerprint density at radius 1 is 1.03 bits per heavy atom. The summed E-state index contributed by atoms with van der Waals surface area (Å²) in [7, 11) is 0. The molecule has 2 fully saturated rings. The molecule has 1 saturated carbocycles. The lowest BCUT2D eigenvalue weighted by Gasteiger charge is -2.32. The first-order valence-electron chi connectivity index (χ1n) is 10.2. The van der Waals surface area contributed by atoms with E-state index in [-0.39, 0.29) is 18.4 Å². The lowest BCUT2D eigenvalue weighted by Crippen LogP contribution is -2.44. The number of rotatable bonds is 4. The molecule has 2 aliphatic rings. The molecule has 1 aromatic heterocycles. The third-order valence-corrected chi connectivity index (χ3v) is 6.48. The number of fused-ring (bicyclic) bond motifs is 1. The highest BCUT2D eigenvalue weighted by Gasteiger charge is 2.45. The summed E-state index contributed by atoms with van der Waals surface area (Å²) in [6.45, 7) is 1.65. The van der Waals surface area contributed by atoms with Crippen molar-refractivity contribution in [2.45, 2.75) is 25.7 Å². The maximum atomic E-state index is 12.8. The fraction of sp³-hybridized carbons (Fsp3) is 0.348. The molecule has 1 aliphatic carbocycles. The minimum absolute atomic E-state index is 0.00406. The number of aromatic amines is 1. The van der Waals surface area contributed by atoms with E-state index >= 15 is 0 Å². The van der Waals surface area contributed by atoms with Crippen LogP contribution in [0.4, 0.5) is 0 Å². The average Bonchev–Trinajstić information content (AvgIpc) is 3.32. The van der Waals surface area contributed by atoms with Crippen LogP contribution >= 0.6 is 0 Å². The number of carbonyl (C=O) groups excluding carboxylic acids is 2. The van der Waals surface area contributed by atoms with Crippen LogP contribution in [-0.4, -0.2) is 46.5 Å². The number of H-pyrrole nitrogens is 1. The second-order valence-electron chi connectivity index (χ2n) is 8.25. The summed E-state index contributed by atoms with van der Waals surface area (Å²) < 4.78 is 0. The predicted octanol–water partition coefficient (Wildman–Crippen LogP) is 3.36. The quantitative estimate of drug-likeness (QED) is 0.719. The van der Waals surface area contributed by atoms with Gasteiger partial charge in [0, 0.05) is 18.5 Å². The van der Waals surface area contributed by atoms with Gasteiger partial charge in [0.2, 0.25) is 5.91 Å². The van der Waals surface area contributed by atoms with Crippen LogP contribution in [0.2, 0.25) is 0 Å². The molecule has 2 N–H and O–H groups in total. The normalized spacial score (nSPS) is 17.4. The van der Waals surface area contributed by atoms with Gasteiger partial charge in [-0.15, -0.1) is 0 Å². The summed E-state index contributed by atoms with van der Waals surface area (Å²) in [6.07, 6.45) is 6.56. The first kappa shape index (κ1) is 17.9. The molecule has 2 aromatic carbocycles. The molecule has 0 radical (unpaired) electrons. The van der Waals surface area contributed by atoms with Gasteiger partial charge in [-0.25, -0.2) is 0 Å². The third kappa shape index (κ3) is 3.39. The molecule has 3 aromatic rings. The van der Waals surface area contributed by atoms with Gasteiger partial charge in [0.05, 0.1) is 23.8 Å². The average molecular weight is 388 g/mol. The van der Waals surface area contributed by atoms with Crippen molar-refractivity contribution in [1.29, 1.82) is 0 Å². The fourth-order valence-corrected chi connectivity index (χ4v) is 4.36. The lowest BCUT2D eigenvalue weighted by atomic mass is 9.94. The molecule has 0 atom stereocenters. The smallest absolute Gasteiger partial charge is 0.253 e. The Hall–Kier alpha value is -3.15. The second kappa shape index (κ2) is 7.03. The first-order valence-corrected chi connectivity index (χ1v) is 10.2. The Morgan fingerprint density at radius 2 is 1.79 bits per heavy atom. The van der Waals surface area contributed by atoms with Crippen LogP contribution in [0.3, 0.4) is 0 Å². The molecule has 5 rings (SSSR count). The number of nitrogens with zero attached hydrogens (tertiary/aromatic N) is 2. The Bertz CT molecular complexity index is 1060. The van der Waals surface area contributed by atoms with Gasteiger partial charge in [-0.2, -0.15) is 5.10 Å². The summed E-state index contributed by atoms with van der Waals surface area (Å²) in [4.78, 5) is 27.2. The Labute approximate surface area is 169 Å². The van der Waals surface area contributed by atoms with Crippen LogP contribution in [0.15, 0.2) is 48.7 Å². The highest BCUT2D eigenvalue weighted by atomic mass is 16.2. The van der Waals surface area contributed by atoms with Crippen LogP contribution in [0, 0.1) is 5.41 Å². The van der Waals surface area contributed by atoms with E-state index in [1.54, 1.807) is 12.3 Å². The number of aromatic nitrogens is 2. The van der Waals surface area contributed by atoms with E-state index in [0.29, 0.717) is 16.5 Å². The van der Waals surface area contributed by atoms with Gasteiger partial charge < -0.3 is 10.2 Å². The fourth-order valence-electron chi connectivity index (χ4n) is 4.36. The van der Waals surface area contributed by atoms with E-state index in [2.05, 4.69) is 15.5 Å². The molecule has 6 nitrogen and oxygen atoms in total. The minimum Gasteiger partial charge on any atom is -0.343 e. The van der Waals surface area contributed by atoms with Crippen molar-refractivity contribution in [3.05, 3.63) is 54.2 Å². The largest absolute Gasteiger partial charge is 0.343 e. The monoisotopic (exact) mass is 388 g/mol. The second-order valence-corrected chi connectivity index (χ2v) is 8.25. The van der Waals surface area contributed by atoms with Crippen LogP contribution in [-0.2, 0) is 4.79 Å². The Morgan fingerprint density at radius 3 is 2.52 bits per heavy atom. The number of hydrogen-bond acceptors (Lipinski definition) is 3. The SMILES string of the molecule is O=C(NCC(=O)N1CCC2(CC1)CC2)c1ccc(-c2ccccc2)c2cn[nH]c12. The van der Waals surface area contributed by atoms with Gasteiger partial charge in [-0.05, 0) is 48.3 Å². The zero-order chi connectivity index (χ0) is 19.8. The van der Waals surface area contributed by atoms with Crippen LogP contribution in [0.5, 0.6) is 0 Å².